The van der Waals surface area contributed by atoms with Crippen LogP contribution in [0.15, 0.2) is 24.3 Å². The minimum absolute atomic E-state index is 0.120. The summed E-state index contributed by atoms with van der Waals surface area (Å²) in [6, 6.07) is 7.57. The average molecular weight is 326 g/mol. The molecule has 5 nitrogen and oxygen atoms in total. The lowest BCUT2D eigenvalue weighted by Crippen LogP contribution is -2.38. The van der Waals surface area contributed by atoms with Crippen LogP contribution in [0.1, 0.15) is 46.8 Å². The van der Waals surface area contributed by atoms with Crippen molar-refractivity contribution in [3.05, 3.63) is 41.1 Å². The number of fused-ring (bicyclic) bond motifs is 1. The number of benzene rings is 1. The maximum atomic E-state index is 13.2. The van der Waals surface area contributed by atoms with Gasteiger partial charge in [-0.05, 0) is 44.4 Å². The molecule has 2 aromatic rings. The van der Waals surface area contributed by atoms with Crippen molar-refractivity contribution in [2.45, 2.75) is 44.2 Å². The number of aliphatic hydroxyl groups is 2. The standard InChI is InChI=1S/C19H22N2O3/c1-11-2-5-17-15(6-11)16(8-18(20-17)12-3-4-12)19(24)21-9-14(23)7-13(21)10-22/h2,5-6,8,12-14,22-23H,3-4,7,9-10H2,1H3/t13-,14-/m0/s1. The van der Waals surface area contributed by atoms with Gasteiger partial charge in [0.2, 0.25) is 0 Å². The van der Waals surface area contributed by atoms with E-state index in [1.807, 2.05) is 31.2 Å². The second-order valence-corrected chi connectivity index (χ2v) is 7.07. The van der Waals surface area contributed by atoms with Crippen LogP contribution >= 0.6 is 0 Å². The van der Waals surface area contributed by atoms with E-state index in [0.29, 0.717) is 17.9 Å². The van der Waals surface area contributed by atoms with Gasteiger partial charge in [-0.1, -0.05) is 11.6 Å². The molecule has 1 aromatic carbocycles. The summed E-state index contributed by atoms with van der Waals surface area (Å²) in [4.78, 5) is 19.5. The van der Waals surface area contributed by atoms with Gasteiger partial charge in [0.1, 0.15) is 0 Å². The normalized spacial score (nSPS) is 23.9. The lowest BCUT2D eigenvalue weighted by molar-refractivity contribution is 0.0666. The first-order chi connectivity index (χ1) is 11.6. The summed E-state index contributed by atoms with van der Waals surface area (Å²) in [5, 5.41) is 20.3. The van der Waals surface area contributed by atoms with Crippen LogP contribution in [0.3, 0.4) is 0 Å². The molecule has 5 heteroatoms. The van der Waals surface area contributed by atoms with Crippen LogP contribution in [0.5, 0.6) is 0 Å². The van der Waals surface area contributed by atoms with Gasteiger partial charge in [-0.3, -0.25) is 9.78 Å². The summed E-state index contributed by atoms with van der Waals surface area (Å²) in [5.74, 6) is 0.338. The fourth-order valence-electron chi connectivity index (χ4n) is 3.59. The molecule has 2 aliphatic rings. The summed E-state index contributed by atoms with van der Waals surface area (Å²) in [6.45, 7) is 2.15. The maximum Gasteiger partial charge on any atom is 0.255 e. The zero-order valence-electron chi connectivity index (χ0n) is 13.8. The molecule has 24 heavy (non-hydrogen) atoms. The Hall–Kier alpha value is -1.98. The molecular formula is C19H22N2O3. The van der Waals surface area contributed by atoms with Gasteiger partial charge >= 0.3 is 0 Å². The van der Waals surface area contributed by atoms with E-state index < -0.39 is 6.10 Å². The SMILES string of the molecule is Cc1ccc2nc(C3CC3)cc(C(=O)N3C[C@@H](O)C[C@H]3CO)c2c1. The summed E-state index contributed by atoms with van der Waals surface area (Å²) >= 11 is 0. The topological polar surface area (TPSA) is 73.7 Å². The highest BCUT2D eigenvalue weighted by Gasteiger charge is 2.35. The van der Waals surface area contributed by atoms with E-state index in [-0.39, 0.29) is 25.1 Å². The van der Waals surface area contributed by atoms with Crippen LogP contribution in [0.25, 0.3) is 10.9 Å². The van der Waals surface area contributed by atoms with Crippen molar-refractivity contribution < 1.29 is 15.0 Å². The van der Waals surface area contributed by atoms with Crippen LogP contribution < -0.4 is 0 Å². The Morgan fingerprint density at radius 1 is 1.33 bits per heavy atom. The molecule has 2 heterocycles. The number of pyridine rings is 1. The number of β-amino-alcohol motifs (C(OH)–C–C–N with tert-alkyl or cyclic N) is 1. The largest absolute Gasteiger partial charge is 0.394 e. The molecule has 126 valence electrons. The second-order valence-electron chi connectivity index (χ2n) is 7.07. The van der Waals surface area contributed by atoms with Crippen molar-refractivity contribution in [3.63, 3.8) is 0 Å². The number of carbonyl (C=O) groups is 1. The highest BCUT2D eigenvalue weighted by molar-refractivity contribution is 6.06. The molecule has 0 spiro atoms. The number of aryl methyl sites for hydroxylation is 1. The lowest BCUT2D eigenvalue weighted by Gasteiger charge is -2.23. The predicted octanol–water partition coefficient (Wildman–Crippen LogP) is 1.99. The average Bonchev–Trinajstić information content (AvgIpc) is 3.35. The van der Waals surface area contributed by atoms with Crippen molar-refractivity contribution in [1.82, 2.24) is 9.88 Å². The predicted molar refractivity (Wildman–Crippen MR) is 91.0 cm³/mol. The summed E-state index contributed by atoms with van der Waals surface area (Å²) < 4.78 is 0. The molecule has 0 bridgehead atoms. The van der Waals surface area contributed by atoms with Crippen molar-refractivity contribution in [1.29, 1.82) is 0 Å². The van der Waals surface area contributed by atoms with E-state index in [0.717, 1.165) is 35.0 Å². The van der Waals surface area contributed by atoms with Crippen LogP contribution in [-0.2, 0) is 0 Å². The number of likely N-dealkylation sites (tertiary alicyclic amines) is 1. The van der Waals surface area contributed by atoms with Gasteiger partial charge in [-0.25, -0.2) is 0 Å². The number of hydrogen-bond acceptors (Lipinski definition) is 4. The molecule has 1 saturated heterocycles. The first-order valence-corrected chi connectivity index (χ1v) is 8.58. The number of carbonyl (C=O) groups excluding carboxylic acids is 1. The highest BCUT2D eigenvalue weighted by atomic mass is 16.3. The molecular weight excluding hydrogens is 304 g/mol. The summed E-state index contributed by atoms with van der Waals surface area (Å²) in [6.07, 6.45) is 2.11. The Morgan fingerprint density at radius 2 is 2.12 bits per heavy atom. The van der Waals surface area contributed by atoms with Gasteiger partial charge in [0.15, 0.2) is 0 Å². The fraction of sp³-hybridized carbons (Fsp3) is 0.474. The van der Waals surface area contributed by atoms with Gasteiger partial charge in [0.25, 0.3) is 5.91 Å². The van der Waals surface area contributed by atoms with Crippen LogP contribution in [0.4, 0.5) is 0 Å². The van der Waals surface area contributed by atoms with E-state index in [9.17, 15) is 15.0 Å². The zero-order chi connectivity index (χ0) is 16.8. The zero-order valence-corrected chi connectivity index (χ0v) is 13.8. The van der Waals surface area contributed by atoms with Gasteiger partial charge in [0, 0.05) is 23.5 Å². The Kier molecular flexibility index (Phi) is 3.77. The Labute approximate surface area is 140 Å². The minimum atomic E-state index is -0.566. The highest BCUT2D eigenvalue weighted by Crippen LogP contribution is 2.40. The maximum absolute atomic E-state index is 13.2. The van der Waals surface area contributed by atoms with E-state index in [4.69, 9.17) is 4.98 Å². The molecule has 4 rings (SSSR count). The fourth-order valence-corrected chi connectivity index (χ4v) is 3.59. The number of rotatable bonds is 3. The number of hydrogen-bond donors (Lipinski definition) is 2. The van der Waals surface area contributed by atoms with Gasteiger partial charge < -0.3 is 15.1 Å². The minimum Gasteiger partial charge on any atom is -0.394 e. The molecule has 1 aliphatic carbocycles. The van der Waals surface area contributed by atoms with Crippen molar-refractivity contribution >= 4 is 16.8 Å². The molecule has 0 unspecified atom stereocenters. The Balaban J connectivity index is 1.81. The molecule has 0 radical (unpaired) electrons. The summed E-state index contributed by atoms with van der Waals surface area (Å²) in [7, 11) is 0. The molecule has 2 N–H and O–H groups in total. The van der Waals surface area contributed by atoms with Crippen LogP contribution in [0.2, 0.25) is 0 Å². The number of nitrogens with zero attached hydrogens (tertiary/aromatic N) is 2. The molecule has 2 atom stereocenters. The molecule has 2 fully saturated rings. The second kappa shape index (κ2) is 5.83. The van der Waals surface area contributed by atoms with Crippen molar-refractivity contribution in [2.75, 3.05) is 13.2 Å². The van der Waals surface area contributed by atoms with Crippen LogP contribution in [0, 0.1) is 6.92 Å². The lowest BCUT2D eigenvalue weighted by atomic mass is 10.0. The third-order valence-electron chi connectivity index (χ3n) is 5.07. The van der Waals surface area contributed by atoms with E-state index in [1.165, 1.54) is 0 Å². The number of aromatic nitrogens is 1. The van der Waals surface area contributed by atoms with E-state index in [2.05, 4.69) is 0 Å². The van der Waals surface area contributed by atoms with Gasteiger partial charge in [-0.15, -0.1) is 0 Å². The van der Waals surface area contributed by atoms with Crippen LogP contribution in [-0.4, -0.2) is 51.3 Å². The first kappa shape index (κ1) is 15.5. The molecule has 1 aromatic heterocycles. The molecule has 1 amide bonds. The third kappa shape index (κ3) is 2.68. The van der Waals surface area contributed by atoms with E-state index >= 15 is 0 Å². The third-order valence-corrected chi connectivity index (χ3v) is 5.07. The van der Waals surface area contributed by atoms with Gasteiger partial charge in [0.05, 0.1) is 29.8 Å². The Morgan fingerprint density at radius 3 is 2.83 bits per heavy atom. The first-order valence-electron chi connectivity index (χ1n) is 8.58. The number of aliphatic hydroxyl groups excluding tert-OH is 2. The van der Waals surface area contributed by atoms with Crippen molar-refractivity contribution in [2.24, 2.45) is 0 Å². The Bertz CT molecular complexity index is 801. The van der Waals surface area contributed by atoms with Crippen molar-refractivity contribution in [3.8, 4) is 0 Å². The van der Waals surface area contributed by atoms with E-state index in [1.54, 1.807) is 4.90 Å². The number of amides is 1. The smallest absolute Gasteiger partial charge is 0.255 e. The van der Waals surface area contributed by atoms with Gasteiger partial charge in [-0.2, -0.15) is 0 Å². The summed E-state index contributed by atoms with van der Waals surface area (Å²) in [5.41, 5.74) is 3.54. The quantitative estimate of drug-likeness (QED) is 0.905. The monoisotopic (exact) mass is 326 g/mol. The molecule has 1 aliphatic heterocycles. The molecule has 1 saturated carbocycles.